The van der Waals surface area contributed by atoms with E-state index >= 15 is 0 Å². The average Bonchev–Trinajstić information content (AvgIpc) is 3.01. The first-order chi connectivity index (χ1) is 7.44. The fourth-order valence-electron chi connectivity index (χ4n) is 2.22. The zero-order valence-electron chi connectivity index (χ0n) is 10.2. The summed E-state index contributed by atoms with van der Waals surface area (Å²) in [7, 11) is 0. The molecule has 1 saturated carbocycles. The van der Waals surface area contributed by atoms with Crippen LogP contribution < -0.4 is 11.1 Å². The van der Waals surface area contributed by atoms with Gasteiger partial charge in [-0.05, 0) is 45.4 Å². The van der Waals surface area contributed by atoms with E-state index in [-0.39, 0.29) is 11.4 Å². The molecule has 3 N–H and O–H groups in total. The Morgan fingerprint density at radius 3 is 2.50 bits per heavy atom. The third-order valence-corrected chi connectivity index (χ3v) is 3.93. The third kappa shape index (κ3) is 2.38. The highest BCUT2D eigenvalue weighted by molar-refractivity contribution is 5.87. The molecule has 4 nitrogen and oxygen atoms in total. The topological polar surface area (TPSA) is 64.4 Å². The Bertz CT molecular complexity index is 279. The van der Waals surface area contributed by atoms with Crippen molar-refractivity contribution in [1.82, 2.24) is 5.32 Å². The Labute approximate surface area is 96.9 Å². The fourth-order valence-corrected chi connectivity index (χ4v) is 2.22. The van der Waals surface area contributed by atoms with Crippen molar-refractivity contribution in [3.8, 4) is 0 Å². The normalized spacial score (nSPS) is 28.2. The van der Waals surface area contributed by atoms with Crippen molar-refractivity contribution in [2.24, 2.45) is 11.7 Å². The number of hydrogen-bond donors (Lipinski definition) is 2. The number of amides is 1. The van der Waals surface area contributed by atoms with Crippen LogP contribution in [0.2, 0.25) is 0 Å². The van der Waals surface area contributed by atoms with Crippen LogP contribution in [0.5, 0.6) is 0 Å². The van der Waals surface area contributed by atoms with Gasteiger partial charge < -0.3 is 15.8 Å². The molecular formula is C12H22N2O2. The Morgan fingerprint density at radius 1 is 1.44 bits per heavy atom. The standard InChI is InChI=1S/C12H22N2O2/c1-11(5-7-16-8-6-11)14-10(15)12(2,13)9-3-4-9/h9H,3-8,13H2,1-2H3,(H,14,15). The Hall–Kier alpha value is -0.610. The lowest BCUT2D eigenvalue weighted by molar-refractivity contribution is -0.129. The summed E-state index contributed by atoms with van der Waals surface area (Å²) < 4.78 is 5.31. The number of nitrogens with two attached hydrogens (primary N) is 1. The Morgan fingerprint density at radius 2 is 2.00 bits per heavy atom. The summed E-state index contributed by atoms with van der Waals surface area (Å²) in [5.41, 5.74) is 5.27. The summed E-state index contributed by atoms with van der Waals surface area (Å²) in [6.45, 7) is 5.38. The predicted octanol–water partition coefficient (Wildman–Crippen LogP) is 0.799. The molecule has 1 amide bonds. The molecule has 0 spiro atoms. The van der Waals surface area contributed by atoms with Gasteiger partial charge in [-0.1, -0.05) is 0 Å². The van der Waals surface area contributed by atoms with E-state index in [4.69, 9.17) is 10.5 Å². The van der Waals surface area contributed by atoms with Gasteiger partial charge in [-0.15, -0.1) is 0 Å². The lowest BCUT2D eigenvalue weighted by Crippen LogP contribution is -2.60. The van der Waals surface area contributed by atoms with Crippen LogP contribution in [0.3, 0.4) is 0 Å². The molecule has 1 saturated heterocycles. The monoisotopic (exact) mass is 226 g/mol. The molecule has 1 aliphatic heterocycles. The zero-order chi connectivity index (χ0) is 11.8. The quantitative estimate of drug-likeness (QED) is 0.748. The van der Waals surface area contributed by atoms with Gasteiger partial charge in [0.25, 0.3) is 0 Å². The van der Waals surface area contributed by atoms with Crippen molar-refractivity contribution in [2.75, 3.05) is 13.2 Å². The lowest BCUT2D eigenvalue weighted by Gasteiger charge is -2.37. The van der Waals surface area contributed by atoms with E-state index in [2.05, 4.69) is 12.2 Å². The van der Waals surface area contributed by atoms with E-state index in [1.165, 1.54) is 0 Å². The van der Waals surface area contributed by atoms with Crippen LogP contribution in [0.1, 0.15) is 39.5 Å². The largest absolute Gasteiger partial charge is 0.381 e. The molecule has 2 aliphatic rings. The van der Waals surface area contributed by atoms with Crippen LogP contribution in [0.4, 0.5) is 0 Å². The summed E-state index contributed by atoms with van der Waals surface area (Å²) in [6, 6.07) is 0. The molecular weight excluding hydrogens is 204 g/mol. The number of hydrogen-bond acceptors (Lipinski definition) is 3. The van der Waals surface area contributed by atoms with E-state index < -0.39 is 5.54 Å². The van der Waals surface area contributed by atoms with Gasteiger partial charge in [-0.25, -0.2) is 0 Å². The minimum atomic E-state index is -0.693. The minimum Gasteiger partial charge on any atom is -0.381 e. The molecule has 0 aromatic rings. The maximum absolute atomic E-state index is 12.1. The Balaban J connectivity index is 1.95. The molecule has 1 aliphatic carbocycles. The summed E-state index contributed by atoms with van der Waals surface area (Å²) in [6.07, 6.45) is 3.92. The van der Waals surface area contributed by atoms with Gasteiger partial charge in [0.05, 0.1) is 5.54 Å². The number of carbonyl (C=O) groups excluding carboxylic acids is 1. The van der Waals surface area contributed by atoms with Crippen LogP contribution >= 0.6 is 0 Å². The first-order valence-corrected chi connectivity index (χ1v) is 6.13. The molecule has 0 aromatic carbocycles. The number of ether oxygens (including phenoxy) is 1. The third-order valence-electron chi connectivity index (χ3n) is 3.93. The van der Waals surface area contributed by atoms with E-state index in [1.54, 1.807) is 0 Å². The van der Waals surface area contributed by atoms with Crippen molar-refractivity contribution >= 4 is 5.91 Å². The molecule has 4 heteroatoms. The van der Waals surface area contributed by atoms with Crippen LogP contribution in [0.25, 0.3) is 0 Å². The number of nitrogens with one attached hydrogen (secondary N) is 1. The molecule has 16 heavy (non-hydrogen) atoms. The van der Waals surface area contributed by atoms with Gasteiger partial charge in [-0.3, -0.25) is 4.79 Å². The SMILES string of the molecule is CC1(NC(=O)C(C)(N)C2CC2)CCOCC1. The van der Waals surface area contributed by atoms with Gasteiger partial charge in [0.2, 0.25) is 5.91 Å². The van der Waals surface area contributed by atoms with Crippen LogP contribution in [-0.4, -0.2) is 30.2 Å². The van der Waals surface area contributed by atoms with Gasteiger partial charge in [0, 0.05) is 18.8 Å². The minimum absolute atomic E-state index is 0.000556. The van der Waals surface area contributed by atoms with Crippen molar-refractivity contribution < 1.29 is 9.53 Å². The second-order valence-electron chi connectivity index (χ2n) is 5.68. The van der Waals surface area contributed by atoms with E-state index in [9.17, 15) is 4.79 Å². The van der Waals surface area contributed by atoms with Crippen molar-refractivity contribution in [3.63, 3.8) is 0 Å². The maximum atomic E-state index is 12.1. The molecule has 0 radical (unpaired) electrons. The summed E-state index contributed by atoms with van der Waals surface area (Å²) in [5.74, 6) is 0.371. The molecule has 92 valence electrons. The molecule has 2 fully saturated rings. The molecule has 2 rings (SSSR count). The average molecular weight is 226 g/mol. The maximum Gasteiger partial charge on any atom is 0.240 e. The van der Waals surface area contributed by atoms with Crippen molar-refractivity contribution in [2.45, 2.75) is 50.6 Å². The van der Waals surface area contributed by atoms with Crippen LogP contribution in [0.15, 0.2) is 0 Å². The zero-order valence-corrected chi connectivity index (χ0v) is 10.2. The molecule has 1 heterocycles. The molecule has 0 bridgehead atoms. The van der Waals surface area contributed by atoms with Crippen molar-refractivity contribution in [1.29, 1.82) is 0 Å². The van der Waals surface area contributed by atoms with Crippen molar-refractivity contribution in [3.05, 3.63) is 0 Å². The summed E-state index contributed by atoms with van der Waals surface area (Å²) in [4.78, 5) is 12.1. The second-order valence-corrected chi connectivity index (χ2v) is 5.68. The summed E-state index contributed by atoms with van der Waals surface area (Å²) >= 11 is 0. The first kappa shape index (κ1) is 11.9. The second kappa shape index (κ2) is 4.00. The van der Waals surface area contributed by atoms with Crippen LogP contribution in [0, 0.1) is 5.92 Å². The molecule has 0 aromatic heterocycles. The van der Waals surface area contributed by atoms with Gasteiger partial charge in [-0.2, -0.15) is 0 Å². The predicted molar refractivity (Wildman–Crippen MR) is 61.9 cm³/mol. The fraction of sp³-hybridized carbons (Fsp3) is 0.917. The van der Waals surface area contributed by atoms with E-state index in [1.807, 2.05) is 6.92 Å². The summed E-state index contributed by atoms with van der Waals surface area (Å²) in [5, 5.41) is 3.11. The van der Waals surface area contributed by atoms with E-state index in [0.29, 0.717) is 5.92 Å². The molecule has 1 atom stereocenters. The van der Waals surface area contributed by atoms with Gasteiger partial charge in [0.1, 0.15) is 0 Å². The lowest BCUT2D eigenvalue weighted by atomic mass is 9.89. The van der Waals surface area contributed by atoms with Gasteiger partial charge >= 0.3 is 0 Å². The molecule has 1 unspecified atom stereocenters. The highest BCUT2D eigenvalue weighted by atomic mass is 16.5. The van der Waals surface area contributed by atoms with Gasteiger partial charge in [0.15, 0.2) is 0 Å². The smallest absolute Gasteiger partial charge is 0.240 e. The Kier molecular flexibility index (Phi) is 2.97. The van der Waals surface area contributed by atoms with E-state index in [0.717, 1.165) is 38.9 Å². The highest BCUT2D eigenvalue weighted by Gasteiger charge is 2.45. The number of carbonyl (C=O) groups is 1. The number of rotatable bonds is 3. The van der Waals surface area contributed by atoms with Crippen LogP contribution in [-0.2, 0) is 9.53 Å². The highest BCUT2D eigenvalue weighted by Crippen LogP contribution is 2.38. The first-order valence-electron chi connectivity index (χ1n) is 6.13.